The number of fused-ring (bicyclic) bond motifs is 1. The maximum atomic E-state index is 10.2. The van der Waals surface area contributed by atoms with Crippen LogP contribution in [0.25, 0.3) is 0 Å². The summed E-state index contributed by atoms with van der Waals surface area (Å²) in [5, 5.41) is 19.6. The molecule has 0 fully saturated rings. The van der Waals surface area contributed by atoms with E-state index in [0.717, 1.165) is 31.3 Å². The molecule has 2 nitrogen and oxygen atoms in total. The second kappa shape index (κ2) is 4.34. The van der Waals surface area contributed by atoms with Crippen LogP contribution in [0.3, 0.4) is 0 Å². The van der Waals surface area contributed by atoms with Gasteiger partial charge in [-0.2, -0.15) is 0 Å². The monoisotopic (exact) mass is 222 g/mol. The van der Waals surface area contributed by atoms with Gasteiger partial charge in [0.1, 0.15) is 0 Å². The molecule has 0 aromatic heterocycles. The Morgan fingerprint density at radius 3 is 2.88 bits per heavy atom. The van der Waals surface area contributed by atoms with Gasteiger partial charge in [0.2, 0.25) is 0 Å². The molecule has 0 saturated carbocycles. The van der Waals surface area contributed by atoms with Crippen LogP contribution in [0.4, 0.5) is 0 Å². The van der Waals surface area contributed by atoms with Crippen molar-refractivity contribution in [1.82, 2.24) is 0 Å². The summed E-state index contributed by atoms with van der Waals surface area (Å²) in [6, 6.07) is 0. The average Bonchev–Trinajstić information content (AvgIpc) is 2.40. The molecule has 0 radical (unpaired) electrons. The number of aliphatic hydroxyl groups excluding tert-OH is 2. The molecule has 0 saturated heterocycles. The van der Waals surface area contributed by atoms with Gasteiger partial charge in [-0.25, -0.2) is 0 Å². The van der Waals surface area contributed by atoms with E-state index in [4.69, 9.17) is 0 Å². The summed E-state index contributed by atoms with van der Waals surface area (Å²) in [5.74, 6) is 0.431. The first-order chi connectivity index (χ1) is 7.58. The highest BCUT2D eigenvalue weighted by Gasteiger charge is 2.39. The Morgan fingerprint density at radius 1 is 1.44 bits per heavy atom. The maximum absolute atomic E-state index is 10.2. The minimum Gasteiger partial charge on any atom is -0.392 e. The first-order valence-electron chi connectivity index (χ1n) is 6.28. The zero-order valence-electron chi connectivity index (χ0n) is 10.2. The number of hydrogen-bond acceptors (Lipinski definition) is 2. The van der Waals surface area contributed by atoms with Crippen LogP contribution in [0.5, 0.6) is 0 Å². The van der Waals surface area contributed by atoms with Gasteiger partial charge in [-0.1, -0.05) is 26.0 Å². The molecule has 0 aromatic carbocycles. The van der Waals surface area contributed by atoms with Gasteiger partial charge < -0.3 is 10.2 Å². The van der Waals surface area contributed by atoms with E-state index >= 15 is 0 Å². The van der Waals surface area contributed by atoms with E-state index in [2.05, 4.69) is 26.0 Å². The van der Waals surface area contributed by atoms with E-state index in [1.54, 1.807) is 0 Å². The molecule has 0 aromatic rings. The van der Waals surface area contributed by atoms with Crippen LogP contribution in [-0.2, 0) is 0 Å². The number of hydrogen-bond donors (Lipinski definition) is 2. The Bertz CT molecular complexity index is 330. The molecule has 2 N–H and O–H groups in total. The molecule has 0 amide bonds. The summed E-state index contributed by atoms with van der Waals surface area (Å²) in [5.41, 5.74) is 2.26. The molecule has 90 valence electrons. The minimum absolute atomic E-state index is 0.0938. The fraction of sp³-hybridized carbons (Fsp3) is 0.714. The summed E-state index contributed by atoms with van der Waals surface area (Å²) in [4.78, 5) is 0. The lowest BCUT2D eigenvalue weighted by atomic mass is 9.69. The Kier molecular flexibility index (Phi) is 3.22. The van der Waals surface area contributed by atoms with Crippen molar-refractivity contribution in [2.24, 2.45) is 11.3 Å². The highest BCUT2D eigenvalue weighted by Crippen LogP contribution is 2.46. The number of rotatable bonds is 1. The Hall–Kier alpha value is -0.600. The molecule has 3 atom stereocenters. The van der Waals surface area contributed by atoms with E-state index in [-0.39, 0.29) is 18.1 Å². The van der Waals surface area contributed by atoms with Crippen molar-refractivity contribution in [1.29, 1.82) is 0 Å². The molecule has 2 rings (SSSR count). The number of allylic oxidation sites excluding steroid dienone is 2. The van der Waals surface area contributed by atoms with Gasteiger partial charge in [0.25, 0.3) is 0 Å². The van der Waals surface area contributed by atoms with E-state index in [9.17, 15) is 10.2 Å². The third-order valence-electron chi connectivity index (χ3n) is 4.45. The van der Waals surface area contributed by atoms with Crippen molar-refractivity contribution < 1.29 is 10.2 Å². The standard InChI is InChI=1S/C14H22O2/c1-10-6-7-14(2)12(8-11(10)9-15)4-3-5-13(14)16/h4,8,10,13,15-16H,3,5-7,9H2,1-2H3. The predicted molar refractivity (Wildman–Crippen MR) is 65.0 cm³/mol. The minimum atomic E-state index is -0.228. The molecule has 3 unspecified atom stereocenters. The Balaban J connectivity index is 2.39. The van der Waals surface area contributed by atoms with Crippen molar-refractivity contribution in [3.63, 3.8) is 0 Å². The fourth-order valence-electron chi connectivity index (χ4n) is 2.92. The van der Waals surface area contributed by atoms with Gasteiger partial charge in [-0.15, -0.1) is 0 Å². The van der Waals surface area contributed by atoms with Crippen LogP contribution in [0.1, 0.15) is 39.5 Å². The lowest BCUT2D eigenvalue weighted by Gasteiger charge is -2.38. The highest BCUT2D eigenvalue weighted by molar-refractivity contribution is 5.35. The summed E-state index contributed by atoms with van der Waals surface area (Å²) >= 11 is 0. The molecule has 2 aliphatic carbocycles. The summed E-state index contributed by atoms with van der Waals surface area (Å²) in [6.45, 7) is 4.46. The SMILES string of the molecule is CC1CCC2(C)C(=CCCC2O)C=C1CO. The van der Waals surface area contributed by atoms with E-state index < -0.39 is 0 Å². The normalized spacial score (nSPS) is 39.5. The van der Waals surface area contributed by atoms with Gasteiger partial charge in [-0.3, -0.25) is 0 Å². The van der Waals surface area contributed by atoms with Crippen molar-refractivity contribution in [3.8, 4) is 0 Å². The van der Waals surface area contributed by atoms with Crippen molar-refractivity contribution in [2.75, 3.05) is 6.61 Å². The fourth-order valence-corrected chi connectivity index (χ4v) is 2.92. The lowest BCUT2D eigenvalue weighted by Crippen LogP contribution is -2.35. The van der Waals surface area contributed by atoms with Gasteiger partial charge in [0, 0.05) is 5.41 Å². The summed E-state index contributed by atoms with van der Waals surface area (Å²) in [6.07, 6.45) is 8.03. The van der Waals surface area contributed by atoms with Crippen LogP contribution in [-0.4, -0.2) is 22.9 Å². The van der Waals surface area contributed by atoms with Crippen LogP contribution in [0.15, 0.2) is 23.3 Å². The first kappa shape index (κ1) is 11.9. The molecule has 0 aliphatic heterocycles. The molecule has 16 heavy (non-hydrogen) atoms. The van der Waals surface area contributed by atoms with Crippen LogP contribution >= 0.6 is 0 Å². The highest BCUT2D eigenvalue weighted by atomic mass is 16.3. The second-order valence-corrected chi connectivity index (χ2v) is 5.49. The van der Waals surface area contributed by atoms with Crippen molar-refractivity contribution >= 4 is 0 Å². The van der Waals surface area contributed by atoms with Gasteiger partial charge in [0.15, 0.2) is 0 Å². The molecule has 2 heteroatoms. The Labute approximate surface area is 97.7 Å². The average molecular weight is 222 g/mol. The van der Waals surface area contributed by atoms with Crippen molar-refractivity contribution in [3.05, 3.63) is 23.3 Å². The van der Waals surface area contributed by atoms with Crippen LogP contribution in [0, 0.1) is 11.3 Å². The molecule has 2 aliphatic rings. The summed E-state index contributed by atoms with van der Waals surface area (Å²) in [7, 11) is 0. The maximum Gasteiger partial charge on any atom is 0.0647 e. The molecular formula is C14H22O2. The van der Waals surface area contributed by atoms with Gasteiger partial charge in [0.05, 0.1) is 12.7 Å². The van der Waals surface area contributed by atoms with Crippen molar-refractivity contribution in [2.45, 2.75) is 45.6 Å². The first-order valence-corrected chi connectivity index (χ1v) is 6.28. The summed E-state index contributed by atoms with van der Waals surface area (Å²) < 4.78 is 0. The topological polar surface area (TPSA) is 40.5 Å². The van der Waals surface area contributed by atoms with Crippen LogP contribution in [0.2, 0.25) is 0 Å². The predicted octanol–water partition coefficient (Wildman–Crippen LogP) is 2.42. The smallest absolute Gasteiger partial charge is 0.0647 e. The zero-order valence-corrected chi connectivity index (χ0v) is 10.2. The number of aliphatic hydroxyl groups is 2. The quantitative estimate of drug-likeness (QED) is 0.715. The van der Waals surface area contributed by atoms with E-state index in [1.807, 2.05) is 0 Å². The lowest BCUT2D eigenvalue weighted by molar-refractivity contribution is 0.0438. The van der Waals surface area contributed by atoms with E-state index in [1.165, 1.54) is 5.57 Å². The molecular weight excluding hydrogens is 200 g/mol. The molecule has 0 heterocycles. The van der Waals surface area contributed by atoms with E-state index in [0.29, 0.717) is 5.92 Å². The van der Waals surface area contributed by atoms with Crippen LogP contribution < -0.4 is 0 Å². The Morgan fingerprint density at radius 2 is 2.19 bits per heavy atom. The second-order valence-electron chi connectivity index (χ2n) is 5.49. The van der Waals surface area contributed by atoms with Gasteiger partial charge >= 0.3 is 0 Å². The third kappa shape index (κ3) is 1.85. The van der Waals surface area contributed by atoms with Gasteiger partial charge in [-0.05, 0) is 42.7 Å². The zero-order chi connectivity index (χ0) is 11.8. The third-order valence-corrected chi connectivity index (χ3v) is 4.45. The molecule has 0 spiro atoms. The molecule has 0 bridgehead atoms. The largest absolute Gasteiger partial charge is 0.392 e.